The van der Waals surface area contributed by atoms with Gasteiger partial charge in [0, 0.05) is 25.2 Å². The molecular weight excluding hydrogens is 530 g/mol. The summed E-state index contributed by atoms with van der Waals surface area (Å²) in [5.41, 5.74) is 0. The van der Waals surface area contributed by atoms with Gasteiger partial charge in [0.25, 0.3) is 0 Å². The molecule has 0 fully saturated rings. The Hall–Kier alpha value is -1.89. The first-order valence-electron chi connectivity index (χ1n) is 17.4. The monoisotopic (exact) mass is 595 g/mol. The molecule has 0 aliphatic rings. The maximum Gasteiger partial charge on any atom is 0.303 e. The Morgan fingerprint density at radius 3 is 1.21 bits per heavy atom. The van der Waals surface area contributed by atoms with Crippen LogP contribution in [-0.4, -0.2) is 58.8 Å². The third-order valence-corrected chi connectivity index (χ3v) is 8.43. The zero-order valence-electron chi connectivity index (χ0n) is 27.1. The molecule has 0 saturated carbocycles. The summed E-state index contributed by atoms with van der Waals surface area (Å²) in [6.45, 7) is 5.00. The number of aliphatic carboxylic acids is 3. The normalized spacial score (nSPS) is 11.8. The van der Waals surface area contributed by atoms with Crippen molar-refractivity contribution in [2.24, 2.45) is 0 Å². The SMILES string of the molecule is CCC/C=C/CCCCCCCCCCCCCCCCCC[N+](CCCC(=O)[O-])(CCCC(=O)O)CCCC(=O)O. The molecule has 0 aromatic heterocycles. The van der Waals surface area contributed by atoms with Crippen molar-refractivity contribution < 1.29 is 34.2 Å². The van der Waals surface area contributed by atoms with E-state index < -0.39 is 17.9 Å². The minimum atomic E-state index is -1.07. The summed E-state index contributed by atoms with van der Waals surface area (Å²) in [5.74, 6) is -2.74. The number of carbonyl (C=O) groups is 3. The highest BCUT2D eigenvalue weighted by molar-refractivity contribution is 5.66. The molecule has 0 aliphatic heterocycles. The molecule has 0 heterocycles. The Morgan fingerprint density at radius 2 is 0.833 bits per heavy atom. The van der Waals surface area contributed by atoms with Gasteiger partial charge in [0.2, 0.25) is 0 Å². The van der Waals surface area contributed by atoms with Crippen LogP contribution in [0.2, 0.25) is 0 Å². The van der Waals surface area contributed by atoms with Crippen LogP contribution in [0.1, 0.15) is 167 Å². The lowest BCUT2D eigenvalue weighted by molar-refractivity contribution is -0.929. The van der Waals surface area contributed by atoms with E-state index >= 15 is 0 Å². The van der Waals surface area contributed by atoms with Crippen LogP contribution in [0.4, 0.5) is 0 Å². The van der Waals surface area contributed by atoms with Crippen molar-refractivity contribution in [3.8, 4) is 0 Å². The first-order chi connectivity index (χ1) is 20.3. The summed E-state index contributed by atoms with van der Waals surface area (Å²) in [6.07, 6.45) is 30.8. The lowest BCUT2D eigenvalue weighted by Gasteiger charge is -2.39. The van der Waals surface area contributed by atoms with E-state index in [2.05, 4.69) is 19.1 Å². The predicted molar refractivity (Wildman–Crippen MR) is 170 cm³/mol. The minimum Gasteiger partial charge on any atom is -0.550 e. The molecule has 7 nitrogen and oxygen atoms in total. The number of carboxylic acid groups (broad SMARTS) is 3. The lowest BCUT2D eigenvalue weighted by atomic mass is 10.0. The van der Waals surface area contributed by atoms with Gasteiger partial charge in [0.05, 0.1) is 39.0 Å². The number of rotatable bonds is 33. The summed E-state index contributed by atoms with van der Waals surface area (Å²) in [7, 11) is 0. The highest BCUT2D eigenvalue weighted by Gasteiger charge is 2.26. The number of nitrogens with zero attached hydrogens (tertiary/aromatic N) is 1. The van der Waals surface area contributed by atoms with E-state index in [-0.39, 0.29) is 19.3 Å². The van der Waals surface area contributed by atoms with Crippen LogP contribution in [0.15, 0.2) is 12.2 Å². The van der Waals surface area contributed by atoms with Gasteiger partial charge in [-0.15, -0.1) is 0 Å². The van der Waals surface area contributed by atoms with Gasteiger partial charge in [0.1, 0.15) is 0 Å². The van der Waals surface area contributed by atoms with Crippen LogP contribution < -0.4 is 5.11 Å². The van der Waals surface area contributed by atoms with Crippen LogP contribution in [0.5, 0.6) is 0 Å². The van der Waals surface area contributed by atoms with Gasteiger partial charge in [-0.1, -0.05) is 109 Å². The van der Waals surface area contributed by atoms with Crippen molar-refractivity contribution >= 4 is 17.9 Å². The largest absolute Gasteiger partial charge is 0.550 e. The molecule has 2 N–H and O–H groups in total. The van der Waals surface area contributed by atoms with Gasteiger partial charge in [-0.25, -0.2) is 0 Å². The molecule has 0 aromatic carbocycles. The molecule has 0 amide bonds. The summed E-state index contributed by atoms with van der Waals surface area (Å²) in [5, 5.41) is 29.2. The molecule has 42 heavy (non-hydrogen) atoms. The molecule has 0 bridgehead atoms. The Morgan fingerprint density at radius 1 is 0.500 bits per heavy atom. The van der Waals surface area contributed by atoms with Crippen molar-refractivity contribution in [3.63, 3.8) is 0 Å². The third-order valence-electron chi connectivity index (χ3n) is 8.43. The van der Waals surface area contributed by atoms with Gasteiger partial charge < -0.3 is 24.6 Å². The standard InChI is InChI=1S/C35H65NO6/c1-2-3-4-5-6-7-8-9-10-11-12-13-14-15-16-17-18-19-20-21-22-29-36(30-23-26-33(37)38,31-24-27-34(39)40)32-25-28-35(41)42/h4-5H,2-3,6-32H2,1H3,(H2-,37,38,39,40,41,42)/b5-4+. The maximum absolute atomic E-state index is 11.1. The summed E-state index contributed by atoms with van der Waals surface area (Å²) >= 11 is 0. The van der Waals surface area contributed by atoms with Crippen LogP contribution in [0, 0.1) is 0 Å². The Bertz CT molecular complexity index is 643. The quantitative estimate of drug-likeness (QED) is 0.0451. The maximum atomic E-state index is 11.1. The van der Waals surface area contributed by atoms with Crippen molar-refractivity contribution in [1.82, 2.24) is 0 Å². The van der Waals surface area contributed by atoms with Crippen molar-refractivity contribution in [1.29, 1.82) is 0 Å². The molecule has 0 saturated heterocycles. The number of hydrogen-bond acceptors (Lipinski definition) is 4. The molecule has 0 rings (SSSR count). The van der Waals surface area contributed by atoms with Gasteiger partial charge in [-0.05, 0) is 38.5 Å². The fraction of sp³-hybridized carbons (Fsp3) is 0.857. The Balaban J connectivity index is 4.01. The molecule has 0 aliphatic carbocycles. The number of hydrogen-bond donors (Lipinski definition) is 2. The fourth-order valence-electron chi connectivity index (χ4n) is 5.95. The second-order valence-electron chi connectivity index (χ2n) is 12.4. The van der Waals surface area contributed by atoms with Crippen LogP contribution >= 0.6 is 0 Å². The van der Waals surface area contributed by atoms with Gasteiger partial charge >= 0.3 is 11.9 Å². The lowest BCUT2D eigenvalue weighted by Crippen LogP contribution is -2.51. The number of allylic oxidation sites excluding steroid dienone is 2. The van der Waals surface area contributed by atoms with Crippen molar-refractivity contribution in [2.75, 3.05) is 26.2 Å². The van der Waals surface area contributed by atoms with Crippen molar-refractivity contribution in [3.05, 3.63) is 12.2 Å². The molecule has 0 radical (unpaired) electrons. The van der Waals surface area contributed by atoms with E-state index in [1.807, 2.05) is 0 Å². The summed E-state index contributed by atoms with van der Waals surface area (Å²) in [4.78, 5) is 33.1. The topological polar surface area (TPSA) is 115 Å². The van der Waals surface area contributed by atoms with E-state index in [0.717, 1.165) is 19.4 Å². The smallest absolute Gasteiger partial charge is 0.303 e. The minimum absolute atomic E-state index is 0.0185. The molecule has 0 spiro atoms. The van der Waals surface area contributed by atoms with Crippen LogP contribution in [-0.2, 0) is 14.4 Å². The summed E-state index contributed by atoms with van der Waals surface area (Å²) < 4.78 is 0.616. The Kier molecular flexibility index (Phi) is 27.9. The number of quaternary nitrogens is 1. The third kappa shape index (κ3) is 28.2. The van der Waals surface area contributed by atoms with Gasteiger partial charge in [-0.2, -0.15) is 0 Å². The predicted octanol–water partition coefficient (Wildman–Crippen LogP) is 8.05. The zero-order valence-corrected chi connectivity index (χ0v) is 27.1. The fourth-order valence-corrected chi connectivity index (χ4v) is 5.95. The number of carbonyl (C=O) groups excluding carboxylic acids is 1. The molecule has 0 unspecified atom stereocenters. The van der Waals surface area contributed by atoms with Gasteiger partial charge in [0.15, 0.2) is 0 Å². The number of carboxylic acids is 3. The van der Waals surface area contributed by atoms with Crippen LogP contribution in [0.3, 0.4) is 0 Å². The number of unbranched alkanes of at least 4 members (excludes halogenated alkanes) is 17. The van der Waals surface area contributed by atoms with E-state index in [4.69, 9.17) is 10.2 Å². The van der Waals surface area contributed by atoms with Crippen LogP contribution in [0.25, 0.3) is 0 Å². The molecule has 0 aromatic rings. The van der Waals surface area contributed by atoms with Crippen molar-refractivity contribution in [2.45, 2.75) is 167 Å². The zero-order chi connectivity index (χ0) is 31.2. The average molecular weight is 596 g/mol. The van der Waals surface area contributed by atoms with E-state index in [1.165, 1.54) is 109 Å². The van der Waals surface area contributed by atoms with E-state index in [0.29, 0.717) is 43.4 Å². The highest BCUT2D eigenvalue weighted by atomic mass is 16.4. The van der Waals surface area contributed by atoms with Gasteiger partial charge in [-0.3, -0.25) is 9.59 Å². The summed E-state index contributed by atoms with van der Waals surface area (Å²) in [6, 6.07) is 0. The second-order valence-corrected chi connectivity index (χ2v) is 12.4. The molecular formula is C35H65NO6. The Labute approximate surface area is 257 Å². The molecule has 246 valence electrons. The average Bonchev–Trinajstić information content (AvgIpc) is 2.93. The second kappa shape index (κ2) is 29.2. The molecule has 7 heteroatoms. The van der Waals surface area contributed by atoms with E-state index in [1.54, 1.807) is 0 Å². The van der Waals surface area contributed by atoms with E-state index in [9.17, 15) is 19.5 Å². The first kappa shape index (κ1) is 40.1. The highest BCUT2D eigenvalue weighted by Crippen LogP contribution is 2.19. The first-order valence-corrected chi connectivity index (χ1v) is 17.4. The molecule has 0 atom stereocenters.